The van der Waals surface area contributed by atoms with Crippen LogP contribution < -0.4 is 5.32 Å². The highest BCUT2D eigenvalue weighted by Gasteiger charge is 2.13. The molecule has 20 heavy (non-hydrogen) atoms. The molecule has 0 radical (unpaired) electrons. The summed E-state index contributed by atoms with van der Waals surface area (Å²) in [5.74, 6) is 2.23. The quantitative estimate of drug-likeness (QED) is 0.886. The fourth-order valence-corrected chi connectivity index (χ4v) is 3.64. The highest BCUT2D eigenvalue weighted by atomic mass is 79.9. The number of nitrogens with zero attached hydrogens (tertiary/aromatic N) is 3. The van der Waals surface area contributed by atoms with Crippen molar-refractivity contribution in [3.8, 4) is 0 Å². The zero-order chi connectivity index (χ0) is 13.1. The average Bonchev–Trinajstić information content (AvgIpc) is 2.90. The molecule has 7 heteroatoms. The first kappa shape index (κ1) is 15.9. The molecule has 3 rings (SSSR count). The summed E-state index contributed by atoms with van der Waals surface area (Å²) < 4.78 is 3.48. The molecule has 0 spiro atoms. The van der Waals surface area contributed by atoms with Crippen LogP contribution in [0, 0.1) is 0 Å². The Morgan fingerprint density at radius 3 is 2.95 bits per heavy atom. The fraction of sp³-hybridized carbons (Fsp3) is 0.538. The third-order valence-corrected chi connectivity index (χ3v) is 4.97. The molecule has 0 aliphatic carbocycles. The molecule has 1 aliphatic rings. The third kappa shape index (κ3) is 3.81. The van der Waals surface area contributed by atoms with E-state index in [0.29, 0.717) is 0 Å². The lowest BCUT2D eigenvalue weighted by atomic mass is 10.2. The maximum Gasteiger partial charge on any atom is 0.147 e. The van der Waals surface area contributed by atoms with Crippen molar-refractivity contribution < 1.29 is 0 Å². The smallest absolute Gasteiger partial charge is 0.147 e. The van der Waals surface area contributed by atoms with Crippen molar-refractivity contribution >= 4 is 39.7 Å². The zero-order valence-electron chi connectivity index (χ0n) is 11.1. The number of fused-ring (bicyclic) bond motifs is 1. The second-order valence-corrected chi connectivity index (χ2v) is 7.15. The first-order valence-electron chi connectivity index (χ1n) is 6.67. The molecule has 0 amide bonds. The van der Waals surface area contributed by atoms with Crippen molar-refractivity contribution in [1.29, 1.82) is 0 Å². The molecule has 0 bridgehead atoms. The minimum absolute atomic E-state index is 0. The molecule has 0 unspecified atom stereocenters. The monoisotopic (exact) mass is 376 g/mol. The highest BCUT2D eigenvalue weighted by molar-refractivity contribution is 9.11. The van der Waals surface area contributed by atoms with E-state index in [1.807, 2.05) is 0 Å². The predicted molar refractivity (Wildman–Crippen MR) is 87.4 cm³/mol. The van der Waals surface area contributed by atoms with Gasteiger partial charge in [0.1, 0.15) is 11.6 Å². The van der Waals surface area contributed by atoms with E-state index in [1.54, 1.807) is 11.3 Å². The summed E-state index contributed by atoms with van der Waals surface area (Å²) in [6.07, 6.45) is 4.87. The number of thiophene rings is 1. The largest absolute Gasteiger partial charge is 0.314 e. The number of aromatic nitrogens is 3. The summed E-state index contributed by atoms with van der Waals surface area (Å²) in [5.41, 5.74) is 1.31. The van der Waals surface area contributed by atoms with Crippen molar-refractivity contribution in [3.63, 3.8) is 0 Å². The Morgan fingerprint density at radius 2 is 2.15 bits per heavy atom. The van der Waals surface area contributed by atoms with E-state index in [0.717, 1.165) is 37.7 Å². The summed E-state index contributed by atoms with van der Waals surface area (Å²) in [4.78, 5) is 0. The number of halogens is 2. The standard InChI is InChI=1S/C13H17BrN4S.ClH/c14-11-6-10(9-19-11)7-15-8-13-17-16-12-4-2-1-3-5-18(12)13;/h6,9,15H,1-5,7-8H2;1H. The second-order valence-electron chi connectivity index (χ2n) is 4.86. The van der Waals surface area contributed by atoms with Crippen LogP contribution in [0.5, 0.6) is 0 Å². The highest BCUT2D eigenvalue weighted by Crippen LogP contribution is 2.20. The van der Waals surface area contributed by atoms with Gasteiger partial charge in [0.15, 0.2) is 0 Å². The van der Waals surface area contributed by atoms with Gasteiger partial charge in [0, 0.05) is 19.5 Å². The van der Waals surface area contributed by atoms with Crippen molar-refractivity contribution in [2.45, 2.75) is 45.3 Å². The zero-order valence-corrected chi connectivity index (χ0v) is 14.4. The summed E-state index contributed by atoms with van der Waals surface area (Å²) in [7, 11) is 0. The molecule has 0 saturated heterocycles. The minimum Gasteiger partial charge on any atom is -0.314 e. The van der Waals surface area contributed by atoms with Crippen LogP contribution in [0.4, 0.5) is 0 Å². The Bertz CT molecular complexity index is 554. The van der Waals surface area contributed by atoms with Gasteiger partial charge in [-0.15, -0.1) is 33.9 Å². The predicted octanol–water partition coefficient (Wildman–Crippen LogP) is 3.54. The number of rotatable bonds is 4. The van der Waals surface area contributed by atoms with Gasteiger partial charge in [-0.25, -0.2) is 0 Å². The van der Waals surface area contributed by atoms with Crippen LogP contribution in [0.15, 0.2) is 15.2 Å². The van der Waals surface area contributed by atoms with E-state index in [-0.39, 0.29) is 12.4 Å². The normalized spacial score (nSPS) is 14.4. The molecule has 1 aliphatic heterocycles. The van der Waals surface area contributed by atoms with Crippen LogP contribution in [0.25, 0.3) is 0 Å². The van der Waals surface area contributed by atoms with Gasteiger partial charge in [-0.05, 0) is 45.8 Å². The molecule has 2 aromatic heterocycles. The van der Waals surface area contributed by atoms with E-state index in [1.165, 1.54) is 28.6 Å². The van der Waals surface area contributed by atoms with Gasteiger partial charge in [-0.3, -0.25) is 0 Å². The number of aryl methyl sites for hydroxylation is 1. The Kier molecular flexibility index (Phi) is 6.01. The molecule has 3 heterocycles. The van der Waals surface area contributed by atoms with Gasteiger partial charge in [0.05, 0.1) is 10.3 Å². The Balaban J connectivity index is 0.00000147. The number of hydrogen-bond acceptors (Lipinski definition) is 4. The molecule has 1 N–H and O–H groups in total. The molecular weight excluding hydrogens is 360 g/mol. The molecule has 0 saturated carbocycles. The van der Waals surface area contributed by atoms with E-state index >= 15 is 0 Å². The van der Waals surface area contributed by atoms with Crippen LogP contribution in [-0.2, 0) is 26.1 Å². The molecular formula is C13H18BrClN4S. The SMILES string of the molecule is Brc1cc(CNCc2nnc3n2CCCCC3)cs1.Cl. The Hall–Kier alpha value is -0.430. The van der Waals surface area contributed by atoms with Gasteiger partial charge in [0.2, 0.25) is 0 Å². The van der Waals surface area contributed by atoms with Crippen molar-refractivity contribution in [2.75, 3.05) is 0 Å². The first-order chi connectivity index (χ1) is 9.33. The molecule has 0 fully saturated rings. The Labute approximate surface area is 137 Å². The maximum absolute atomic E-state index is 4.32. The molecule has 4 nitrogen and oxygen atoms in total. The summed E-state index contributed by atoms with van der Waals surface area (Å²) >= 11 is 5.21. The minimum atomic E-state index is 0. The summed E-state index contributed by atoms with van der Waals surface area (Å²) in [5, 5.41) is 14.3. The van der Waals surface area contributed by atoms with Crippen LogP contribution in [-0.4, -0.2) is 14.8 Å². The molecule has 0 atom stereocenters. The van der Waals surface area contributed by atoms with Crippen LogP contribution >= 0.6 is 39.7 Å². The van der Waals surface area contributed by atoms with E-state index in [9.17, 15) is 0 Å². The average molecular weight is 378 g/mol. The Morgan fingerprint density at radius 1 is 1.25 bits per heavy atom. The van der Waals surface area contributed by atoms with E-state index in [4.69, 9.17) is 0 Å². The summed E-state index contributed by atoms with van der Waals surface area (Å²) in [6.45, 7) is 2.74. The van der Waals surface area contributed by atoms with Crippen molar-refractivity contribution in [3.05, 3.63) is 32.4 Å². The van der Waals surface area contributed by atoms with Gasteiger partial charge >= 0.3 is 0 Å². The lowest BCUT2D eigenvalue weighted by Crippen LogP contribution is -2.17. The van der Waals surface area contributed by atoms with E-state index in [2.05, 4.69) is 47.5 Å². The first-order valence-corrected chi connectivity index (χ1v) is 8.35. The van der Waals surface area contributed by atoms with E-state index < -0.39 is 0 Å². The fourth-order valence-electron chi connectivity index (χ4n) is 2.43. The van der Waals surface area contributed by atoms with Crippen molar-refractivity contribution in [1.82, 2.24) is 20.1 Å². The number of nitrogens with one attached hydrogen (secondary N) is 1. The lowest BCUT2D eigenvalue weighted by Gasteiger charge is -2.07. The van der Waals surface area contributed by atoms with Gasteiger partial charge in [-0.2, -0.15) is 0 Å². The maximum atomic E-state index is 4.32. The van der Waals surface area contributed by atoms with Gasteiger partial charge in [-0.1, -0.05) is 6.42 Å². The third-order valence-electron chi connectivity index (χ3n) is 3.42. The second kappa shape index (κ2) is 7.54. The van der Waals surface area contributed by atoms with Crippen molar-refractivity contribution in [2.24, 2.45) is 0 Å². The topological polar surface area (TPSA) is 42.7 Å². The van der Waals surface area contributed by atoms with Gasteiger partial charge in [0.25, 0.3) is 0 Å². The molecule has 110 valence electrons. The molecule has 2 aromatic rings. The van der Waals surface area contributed by atoms with Crippen LogP contribution in [0.1, 0.15) is 36.5 Å². The number of hydrogen-bond donors (Lipinski definition) is 1. The summed E-state index contributed by atoms with van der Waals surface area (Å²) in [6, 6.07) is 2.15. The lowest BCUT2D eigenvalue weighted by molar-refractivity contribution is 0.573. The molecule has 0 aromatic carbocycles. The van der Waals surface area contributed by atoms with Crippen LogP contribution in [0.2, 0.25) is 0 Å². The van der Waals surface area contributed by atoms with Crippen LogP contribution in [0.3, 0.4) is 0 Å². The van der Waals surface area contributed by atoms with Gasteiger partial charge < -0.3 is 9.88 Å².